The molecule has 3 nitrogen and oxygen atoms in total. The largest absolute Gasteiger partial charge is 1.00 e. The summed E-state index contributed by atoms with van der Waals surface area (Å²) >= 11 is 23.0. The van der Waals surface area contributed by atoms with Crippen LogP contribution in [0.15, 0.2) is 0 Å². The Morgan fingerprint density at radius 1 is 0.688 bits per heavy atom. The van der Waals surface area contributed by atoms with Crippen molar-refractivity contribution in [3.05, 3.63) is 36.5 Å². The molecule has 2 amide bonds. The molecule has 1 heterocycles. The second-order valence-electron chi connectivity index (χ2n) is 2.73. The van der Waals surface area contributed by atoms with Gasteiger partial charge in [-0.2, -0.15) is 0 Å². The maximum atomic E-state index is 11.3. The van der Waals surface area contributed by atoms with Crippen LogP contribution >= 0.6 is 46.4 Å². The molecule has 16 heavy (non-hydrogen) atoms. The fourth-order valence-electron chi connectivity index (χ4n) is 1.24. The summed E-state index contributed by atoms with van der Waals surface area (Å²) in [5, 5.41) is 2.89. The molecule has 0 aromatic heterocycles. The Morgan fingerprint density at radius 3 is 1.31 bits per heavy atom. The predicted octanol–water partition coefficient (Wildman–Crippen LogP) is 0.972. The fraction of sp³-hybridized carbons (Fsp3) is 0. The third-order valence-electron chi connectivity index (χ3n) is 1.90. The molecule has 0 N–H and O–H groups in total. The second-order valence-corrected chi connectivity index (χ2v) is 4.24. The molecule has 1 aliphatic heterocycles. The van der Waals surface area contributed by atoms with Gasteiger partial charge in [-0.15, -0.1) is 0 Å². The van der Waals surface area contributed by atoms with Crippen molar-refractivity contribution in [2.24, 2.45) is 0 Å². The molecule has 0 atom stereocenters. The quantitative estimate of drug-likeness (QED) is 0.310. The zero-order valence-corrected chi connectivity index (χ0v) is 12.8. The maximum absolute atomic E-state index is 11.3. The first kappa shape index (κ1) is 14.6. The molecule has 0 saturated carbocycles. The summed E-state index contributed by atoms with van der Waals surface area (Å²) in [4.78, 5) is 22.6. The number of amides is 2. The van der Waals surface area contributed by atoms with Gasteiger partial charge < -0.3 is 14.9 Å². The van der Waals surface area contributed by atoms with Gasteiger partial charge in [0.15, 0.2) is 0 Å². The van der Waals surface area contributed by atoms with Crippen molar-refractivity contribution >= 4 is 58.2 Å². The molecule has 0 saturated heterocycles. The third kappa shape index (κ3) is 1.99. The number of hydrogen-bond acceptors (Lipinski definition) is 2. The summed E-state index contributed by atoms with van der Waals surface area (Å²) in [6.45, 7) is 0. The van der Waals surface area contributed by atoms with E-state index in [4.69, 9.17) is 46.4 Å². The Bertz CT molecular complexity index is 472. The molecular weight excluding hydrogens is 307 g/mol. The molecule has 0 bridgehead atoms. The van der Waals surface area contributed by atoms with Gasteiger partial charge in [-0.25, -0.2) is 0 Å². The van der Waals surface area contributed by atoms with Crippen LogP contribution < -0.4 is 29.6 Å². The van der Waals surface area contributed by atoms with Crippen molar-refractivity contribution in [1.82, 2.24) is 0 Å². The van der Waals surface area contributed by atoms with E-state index in [1.54, 1.807) is 0 Å². The van der Waals surface area contributed by atoms with Crippen LogP contribution in [0.25, 0.3) is 5.32 Å². The van der Waals surface area contributed by atoms with Crippen LogP contribution in [0.1, 0.15) is 20.7 Å². The average molecular weight is 307 g/mol. The predicted molar refractivity (Wildman–Crippen MR) is 58.5 cm³/mol. The Morgan fingerprint density at radius 2 is 1.00 bits per heavy atom. The van der Waals surface area contributed by atoms with Gasteiger partial charge in [-0.3, -0.25) is 0 Å². The van der Waals surface area contributed by atoms with Crippen molar-refractivity contribution in [1.29, 1.82) is 0 Å². The van der Waals surface area contributed by atoms with Crippen LogP contribution in [0.5, 0.6) is 0 Å². The summed E-state index contributed by atoms with van der Waals surface area (Å²) in [7, 11) is 0. The smallest absolute Gasteiger partial charge is 0.587 e. The van der Waals surface area contributed by atoms with Crippen molar-refractivity contribution in [2.75, 3.05) is 0 Å². The minimum Gasteiger partial charge on any atom is -0.587 e. The average Bonchev–Trinajstić information content (AvgIpc) is 2.47. The SMILES string of the molecule is O=C1[N-]C(=O)c2c(Cl)c(Cl)c(Cl)c(Cl)c21.[Na+]. The number of imide groups is 1. The number of benzene rings is 1. The minimum absolute atomic E-state index is 0. The van der Waals surface area contributed by atoms with Crippen molar-refractivity contribution in [3.63, 3.8) is 0 Å². The molecule has 0 unspecified atom stereocenters. The number of carbonyl (C=O) groups excluding carboxylic acids is 2. The standard InChI is InChI=1S/C8HCl4NO2.Na/c9-3-1-2(8(15)13-7(1)14)4(10)6(12)5(3)11;/h(H,13,14,15);/q;+1/p-1. The number of carbonyl (C=O) groups is 2. The molecule has 0 spiro atoms. The number of fused-ring (bicyclic) bond motifs is 1. The van der Waals surface area contributed by atoms with Gasteiger partial charge >= 0.3 is 29.6 Å². The molecule has 78 valence electrons. The van der Waals surface area contributed by atoms with E-state index >= 15 is 0 Å². The number of hydrogen-bond donors (Lipinski definition) is 0. The third-order valence-corrected chi connectivity index (χ3v) is 3.70. The van der Waals surface area contributed by atoms with Crippen molar-refractivity contribution in [3.8, 4) is 0 Å². The Hall–Kier alpha value is 0.520. The number of nitrogens with zero attached hydrogens (tertiary/aromatic N) is 1. The molecule has 0 aliphatic carbocycles. The molecule has 0 fully saturated rings. The van der Waals surface area contributed by atoms with E-state index in [1.807, 2.05) is 0 Å². The topological polar surface area (TPSA) is 48.2 Å². The van der Waals surface area contributed by atoms with Crippen LogP contribution in [0.4, 0.5) is 0 Å². The molecule has 1 aliphatic rings. The van der Waals surface area contributed by atoms with E-state index in [-0.39, 0.29) is 60.8 Å². The first-order valence-electron chi connectivity index (χ1n) is 3.61. The van der Waals surface area contributed by atoms with E-state index in [0.29, 0.717) is 0 Å². The van der Waals surface area contributed by atoms with Gasteiger partial charge in [0.2, 0.25) is 0 Å². The summed E-state index contributed by atoms with van der Waals surface area (Å²) in [5.41, 5.74) is -0.165. The molecule has 1 aromatic carbocycles. The van der Waals surface area contributed by atoms with Gasteiger partial charge in [0.1, 0.15) is 0 Å². The summed E-state index contributed by atoms with van der Waals surface area (Å²) in [6, 6.07) is 0. The van der Waals surface area contributed by atoms with Crippen molar-refractivity contribution < 1.29 is 39.1 Å². The van der Waals surface area contributed by atoms with E-state index in [1.165, 1.54) is 0 Å². The van der Waals surface area contributed by atoms with Gasteiger partial charge in [0.25, 0.3) is 0 Å². The Balaban J connectivity index is 0.00000128. The van der Waals surface area contributed by atoms with Crippen LogP contribution in [0.3, 0.4) is 0 Å². The fourth-order valence-corrected chi connectivity index (χ4v) is 2.25. The van der Waals surface area contributed by atoms with Gasteiger partial charge in [0, 0.05) is 11.1 Å². The van der Waals surface area contributed by atoms with Crippen LogP contribution in [0, 0.1) is 0 Å². The van der Waals surface area contributed by atoms with Gasteiger partial charge in [-0.05, 0) is 0 Å². The molecule has 2 rings (SSSR count). The zero-order chi connectivity index (χ0) is 11.3. The van der Waals surface area contributed by atoms with Gasteiger partial charge in [0.05, 0.1) is 31.9 Å². The first-order valence-corrected chi connectivity index (χ1v) is 5.12. The van der Waals surface area contributed by atoms with Gasteiger partial charge in [-0.1, -0.05) is 46.4 Å². The van der Waals surface area contributed by atoms with Crippen LogP contribution in [0.2, 0.25) is 20.1 Å². The van der Waals surface area contributed by atoms with Crippen LogP contribution in [-0.2, 0) is 0 Å². The monoisotopic (exact) mass is 305 g/mol. The Labute approximate surface area is 133 Å². The molecule has 0 radical (unpaired) electrons. The first-order chi connectivity index (χ1) is 6.95. The number of halogens is 4. The summed E-state index contributed by atoms with van der Waals surface area (Å²) in [6.07, 6.45) is 0. The van der Waals surface area contributed by atoms with E-state index in [2.05, 4.69) is 5.32 Å². The zero-order valence-electron chi connectivity index (χ0n) is 7.78. The number of rotatable bonds is 0. The van der Waals surface area contributed by atoms with E-state index in [9.17, 15) is 9.59 Å². The normalized spacial score (nSPS) is 13.2. The molecule has 1 aromatic rings. The van der Waals surface area contributed by atoms with E-state index in [0.717, 1.165) is 0 Å². The van der Waals surface area contributed by atoms with E-state index < -0.39 is 11.8 Å². The second kappa shape index (κ2) is 5.02. The summed E-state index contributed by atoms with van der Waals surface area (Å²) < 4.78 is 0. The van der Waals surface area contributed by atoms with Crippen molar-refractivity contribution in [2.45, 2.75) is 0 Å². The maximum Gasteiger partial charge on any atom is 1.00 e. The minimum atomic E-state index is -0.750. The molecule has 8 heteroatoms. The van der Waals surface area contributed by atoms with Crippen LogP contribution in [-0.4, -0.2) is 11.8 Å². The summed E-state index contributed by atoms with van der Waals surface area (Å²) in [5.74, 6) is -1.50. The molecular formula is C8Cl4NNaO2. The Kier molecular flexibility index (Phi) is 4.58.